The molecule has 2 aromatic carbocycles. The van der Waals surface area contributed by atoms with Crippen molar-refractivity contribution in [2.24, 2.45) is 10.7 Å². The zero-order chi connectivity index (χ0) is 25.5. The molecule has 4 rings (SSSR count). The molecule has 36 heavy (non-hydrogen) atoms. The Kier molecular flexibility index (Phi) is 8.02. The minimum atomic E-state index is -0.0646. The highest BCUT2D eigenvalue weighted by Gasteiger charge is 2.23. The second-order valence-electron chi connectivity index (χ2n) is 8.92. The molecule has 9 nitrogen and oxygen atoms in total. The van der Waals surface area contributed by atoms with Crippen molar-refractivity contribution in [1.82, 2.24) is 14.8 Å². The van der Waals surface area contributed by atoms with Gasteiger partial charge in [-0.1, -0.05) is 24.3 Å². The molecule has 1 aliphatic rings. The van der Waals surface area contributed by atoms with Crippen LogP contribution in [-0.2, 0) is 0 Å². The van der Waals surface area contributed by atoms with E-state index in [-0.39, 0.29) is 12.0 Å². The van der Waals surface area contributed by atoms with Gasteiger partial charge in [0, 0.05) is 36.6 Å². The van der Waals surface area contributed by atoms with Gasteiger partial charge >= 0.3 is 6.03 Å². The number of carbonyl (C=O) groups excluding carboxylic acids is 1. The lowest BCUT2D eigenvalue weighted by atomic mass is 10.0. The van der Waals surface area contributed by atoms with Crippen LogP contribution in [0.15, 0.2) is 71.9 Å². The van der Waals surface area contributed by atoms with E-state index >= 15 is 0 Å². The molecule has 0 atom stereocenters. The number of aromatic nitrogens is 1. The molecule has 1 aliphatic heterocycles. The maximum absolute atomic E-state index is 12.8. The van der Waals surface area contributed by atoms with Crippen molar-refractivity contribution in [3.8, 4) is 16.9 Å². The van der Waals surface area contributed by atoms with E-state index in [4.69, 9.17) is 10.5 Å². The summed E-state index contributed by atoms with van der Waals surface area (Å²) < 4.78 is 5.32. The van der Waals surface area contributed by atoms with E-state index < -0.39 is 0 Å². The van der Waals surface area contributed by atoms with Gasteiger partial charge in [-0.25, -0.2) is 9.78 Å². The van der Waals surface area contributed by atoms with Crippen molar-refractivity contribution >= 4 is 29.2 Å². The highest BCUT2D eigenvalue weighted by atomic mass is 16.5. The highest BCUT2D eigenvalue weighted by molar-refractivity contribution is 5.95. The van der Waals surface area contributed by atoms with Crippen LogP contribution >= 0.6 is 0 Å². The average Bonchev–Trinajstić information content (AvgIpc) is 2.89. The number of aliphatic imine (C=N–C) groups is 1. The lowest BCUT2D eigenvalue weighted by molar-refractivity contribution is 0.156. The van der Waals surface area contributed by atoms with Gasteiger partial charge < -0.3 is 30.9 Å². The van der Waals surface area contributed by atoms with E-state index in [0.29, 0.717) is 17.6 Å². The van der Waals surface area contributed by atoms with Crippen LogP contribution in [0.25, 0.3) is 11.1 Å². The molecular weight excluding hydrogens is 454 g/mol. The standard InChI is InChI=1S/C27H33N7O2/c1-33(2)22-13-15-34(16-14-22)27(35)30-21-8-6-7-19(17-21)20-11-12-25(29-18-20)32-26(28)31-23-9-4-5-10-24(23)36-3/h4-12,17-18,22H,13-16H2,1-3H3,(H,30,35)(H3,28,29,31,32). The lowest BCUT2D eigenvalue weighted by Gasteiger charge is -2.35. The molecule has 2 heterocycles. The number of amides is 2. The van der Waals surface area contributed by atoms with Gasteiger partial charge in [-0.05, 0) is 68.9 Å². The summed E-state index contributed by atoms with van der Waals surface area (Å²) in [4.78, 5) is 25.6. The van der Waals surface area contributed by atoms with Crippen LogP contribution in [0.1, 0.15) is 12.8 Å². The SMILES string of the molecule is COc1ccccc1NC(N)=Nc1ccc(-c2cccc(NC(=O)N3CCC(N(C)C)CC3)c2)cn1. The van der Waals surface area contributed by atoms with Crippen LogP contribution in [0, 0.1) is 0 Å². The molecule has 1 aromatic heterocycles. The Hall–Kier alpha value is -4.11. The number of ether oxygens (including phenoxy) is 1. The first-order valence-corrected chi connectivity index (χ1v) is 12.0. The van der Waals surface area contributed by atoms with Crippen LogP contribution in [-0.4, -0.2) is 67.1 Å². The first-order valence-electron chi connectivity index (χ1n) is 12.0. The van der Waals surface area contributed by atoms with E-state index in [1.807, 2.05) is 59.5 Å². The highest BCUT2D eigenvalue weighted by Crippen LogP contribution is 2.25. The summed E-state index contributed by atoms with van der Waals surface area (Å²) in [6, 6.07) is 19.4. The number of urea groups is 1. The topological polar surface area (TPSA) is 108 Å². The summed E-state index contributed by atoms with van der Waals surface area (Å²) >= 11 is 0. The van der Waals surface area contributed by atoms with Gasteiger partial charge in [-0.15, -0.1) is 0 Å². The largest absolute Gasteiger partial charge is 0.495 e. The zero-order valence-electron chi connectivity index (χ0n) is 20.9. The number of anilines is 2. The number of hydrogen-bond donors (Lipinski definition) is 3. The monoisotopic (exact) mass is 487 g/mol. The van der Waals surface area contributed by atoms with Gasteiger partial charge in [-0.2, -0.15) is 4.99 Å². The third kappa shape index (κ3) is 6.31. The maximum Gasteiger partial charge on any atom is 0.321 e. The molecular formula is C27H33N7O2. The van der Waals surface area contributed by atoms with Gasteiger partial charge in [0.25, 0.3) is 0 Å². The van der Waals surface area contributed by atoms with Crippen molar-refractivity contribution in [3.05, 3.63) is 66.9 Å². The number of methoxy groups -OCH3 is 1. The molecule has 3 aromatic rings. The first kappa shape index (κ1) is 25.0. The number of hydrogen-bond acceptors (Lipinski definition) is 5. The van der Waals surface area contributed by atoms with Gasteiger partial charge in [0.15, 0.2) is 11.8 Å². The summed E-state index contributed by atoms with van der Waals surface area (Å²) in [5, 5.41) is 6.06. The fourth-order valence-corrected chi connectivity index (χ4v) is 4.22. The molecule has 1 saturated heterocycles. The Balaban J connectivity index is 1.39. The summed E-state index contributed by atoms with van der Waals surface area (Å²) in [6.45, 7) is 1.52. The minimum Gasteiger partial charge on any atom is -0.495 e. The molecule has 0 saturated carbocycles. The van der Waals surface area contributed by atoms with Crippen molar-refractivity contribution in [1.29, 1.82) is 0 Å². The number of benzene rings is 2. The molecule has 1 fully saturated rings. The molecule has 188 valence electrons. The second kappa shape index (κ2) is 11.5. The summed E-state index contributed by atoms with van der Waals surface area (Å²) in [5.74, 6) is 1.35. The summed E-state index contributed by atoms with van der Waals surface area (Å²) in [5.41, 5.74) is 9.38. The van der Waals surface area contributed by atoms with Crippen LogP contribution < -0.4 is 21.1 Å². The van der Waals surface area contributed by atoms with E-state index in [1.54, 1.807) is 19.4 Å². The van der Waals surface area contributed by atoms with Gasteiger partial charge in [0.05, 0.1) is 12.8 Å². The Labute approximate surface area is 212 Å². The molecule has 0 bridgehead atoms. The lowest BCUT2D eigenvalue weighted by Crippen LogP contribution is -2.46. The van der Waals surface area contributed by atoms with Crippen LogP contribution in [0.4, 0.5) is 22.0 Å². The average molecular weight is 488 g/mol. The van der Waals surface area contributed by atoms with E-state index in [2.05, 4.69) is 39.6 Å². The molecule has 4 N–H and O–H groups in total. The number of guanidine groups is 1. The Morgan fingerprint density at radius 1 is 1.06 bits per heavy atom. The molecule has 0 radical (unpaired) electrons. The molecule has 0 spiro atoms. The van der Waals surface area contributed by atoms with E-state index in [0.717, 1.165) is 48.4 Å². The van der Waals surface area contributed by atoms with Crippen molar-refractivity contribution < 1.29 is 9.53 Å². The molecule has 2 amide bonds. The number of rotatable bonds is 6. The molecule has 0 aliphatic carbocycles. The Morgan fingerprint density at radius 2 is 1.83 bits per heavy atom. The fourth-order valence-electron chi connectivity index (χ4n) is 4.22. The van der Waals surface area contributed by atoms with Crippen LogP contribution in [0.5, 0.6) is 5.75 Å². The zero-order valence-corrected chi connectivity index (χ0v) is 20.9. The van der Waals surface area contributed by atoms with Crippen LogP contribution in [0.3, 0.4) is 0 Å². The number of likely N-dealkylation sites (tertiary alicyclic amines) is 1. The van der Waals surface area contributed by atoms with Gasteiger partial charge in [-0.3, -0.25) is 0 Å². The first-order chi connectivity index (χ1) is 17.4. The smallest absolute Gasteiger partial charge is 0.321 e. The van der Waals surface area contributed by atoms with Gasteiger partial charge in [0.2, 0.25) is 0 Å². The fraction of sp³-hybridized carbons (Fsp3) is 0.296. The number of pyridine rings is 1. The number of nitrogens with one attached hydrogen (secondary N) is 2. The molecule has 9 heteroatoms. The molecule has 0 unspecified atom stereocenters. The van der Waals surface area contributed by atoms with Crippen molar-refractivity contribution in [2.45, 2.75) is 18.9 Å². The number of carbonyl (C=O) groups is 1. The predicted molar refractivity (Wildman–Crippen MR) is 145 cm³/mol. The second-order valence-corrected chi connectivity index (χ2v) is 8.92. The van der Waals surface area contributed by atoms with Crippen LogP contribution in [0.2, 0.25) is 0 Å². The van der Waals surface area contributed by atoms with Crippen molar-refractivity contribution in [2.75, 3.05) is 44.9 Å². The normalized spacial score (nSPS) is 14.6. The minimum absolute atomic E-state index is 0.0646. The predicted octanol–water partition coefficient (Wildman–Crippen LogP) is 4.37. The Bertz CT molecular complexity index is 1200. The third-order valence-electron chi connectivity index (χ3n) is 6.28. The van der Waals surface area contributed by atoms with Gasteiger partial charge in [0.1, 0.15) is 5.75 Å². The number of nitrogens with zero attached hydrogens (tertiary/aromatic N) is 4. The quantitative estimate of drug-likeness (QED) is 0.352. The maximum atomic E-state index is 12.8. The van der Waals surface area contributed by atoms with E-state index in [1.165, 1.54) is 0 Å². The third-order valence-corrected chi connectivity index (χ3v) is 6.28. The summed E-state index contributed by atoms with van der Waals surface area (Å²) in [7, 11) is 5.78. The Morgan fingerprint density at radius 3 is 2.53 bits per heavy atom. The number of piperidine rings is 1. The summed E-state index contributed by atoms with van der Waals surface area (Å²) in [6.07, 6.45) is 3.71. The number of nitrogens with two attached hydrogens (primary N) is 1. The van der Waals surface area contributed by atoms with E-state index in [9.17, 15) is 4.79 Å². The van der Waals surface area contributed by atoms with Crippen molar-refractivity contribution in [3.63, 3.8) is 0 Å². The number of para-hydroxylation sites is 2.